The summed E-state index contributed by atoms with van der Waals surface area (Å²) in [5, 5.41) is 5.13. The molecule has 0 bridgehead atoms. The minimum absolute atomic E-state index is 0.0156. The van der Waals surface area contributed by atoms with Gasteiger partial charge in [0.05, 0.1) is 11.3 Å². The first-order valence-corrected chi connectivity index (χ1v) is 7.60. The molecule has 2 amide bonds. The van der Waals surface area contributed by atoms with Crippen molar-refractivity contribution >= 4 is 23.2 Å². The molecule has 2 heterocycles. The molecule has 5 nitrogen and oxygen atoms in total. The third kappa shape index (κ3) is 2.23. The topological polar surface area (TPSA) is 61.4 Å². The molecule has 134 valence electrons. The number of amides is 2. The molecule has 0 saturated heterocycles. The first-order valence-electron chi connectivity index (χ1n) is 7.60. The summed E-state index contributed by atoms with van der Waals surface area (Å²) in [4.78, 5) is 26.0. The second kappa shape index (κ2) is 5.20. The van der Waals surface area contributed by atoms with Crippen molar-refractivity contribution in [3.05, 3.63) is 59.4 Å². The summed E-state index contributed by atoms with van der Waals surface area (Å²) in [6, 6.07) is 9.19. The van der Waals surface area contributed by atoms with Crippen molar-refractivity contribution in [3.8, 4) is 0 Å². The van der Waals surface area contributed by atoms with Crippen LogP contribution in [0.25, 0.3) is 0 Å². The minimum Gasteiger partial charge on any atom is -0.350 e. The number of hydrogen-bond donors (Lipinski definition) is 2. The van der Waals surface area contributed by atoms with E-state index in [9.17, 15) is 27.2 Å². The molecule has 2 aromatic rings. The molecule has 2 aliphatic heterocycles. The number of nitrogens with zero attached hydrogens (tertiary/aromatic N) is 1. The Balaban J connectivity index is 1.96. The molecule has 0 aliphatic carbocycles. The molecule has 0 aromatic heterocycles. The molecular weight excluding hydrogens is 354 g/mol. The Morgan fingerprint density at radius 1 is 1.04 bits per heavy atom. The van der Waals surface area contributed by atoms with Gasteiger partial charge in [-0.1, -0.05) is 12.1 Å². The highest BCUT2D eigenvalue weighted by Gasteiger charge is 2.58. The Morgan fingerprint density at radius 3 is 2.50 bits per heavy atom. The van der Waals surface area contributed by atoms with Crippen LogP contribution in [-0.4, -0.2) is 29.4 Å². The molecule has 2 aliphatic rings. The fraction of sp³-hybridized carbons (Fsp3) is 0.176. The molecule has 2 aromatic carbocycles. The van der Waals surface area contributed by atoms with Gasteiger partial charge in [0.1, 0.15) is 12.4 Å². The number of halogens is 4. The lowest BCUT2D eigenvalue weighted by Gasteiger charge is -2.44. The van der Waals surface area contributed by atoms with Gasteiger partial charge in [0.2, 0.25) is 5.66 Å². The number of hydrogen-bond acceptors (Lipinski definition) is 3. The number of anilines is 2. The maximum atomic E-state index is 13.5. The number of para-hydroxylation sites is 1. The first kappa shape index (κ1) is 16.4. The summed E-state index contributed by atoms with van der Waals surface area (Å²) < 4.78 is 53.0. The molecule has 1 atom stereocenters. The molecule has 0 unspecified atom stereocenters. The van der Waals surface area contributed by atoms with Crippen LogP contribution < -0.4 is 10.6 Å². The quantitative estimate of drug-likeness (QED) is 0.764. The van der Waals surface area contributed by atoms with Crippen LogP contribution >= 0.6 is 0 Å². The monoisotopic (exact) mass is 365 g/mol. The molecule has 1 spiro atoms. The van der Waals surface area contributed by atoms with E-state index in [4.69, 9.17) is 0 Å². The predicted octanol–water partition coefficient (Wildman–Crippen LogP) is 3.06. The lowest BCUT2D eigenvalue weighted by atomic mass is 9.93. The molecule has 9 heteroatoms. The summed E-state index contributed by atoms with van der Waals surface area (Å²) in [6.45, 7) is -1.64. The summed E-state index contributed by atoms with van der Waals surface area (Å²) in [5.74, 6) is -2.49. The fourth-order valence-corrected chi connectivity index (χ4v) is 3.37. The Kier molecular flexibility index (Phi) is 3.27. The van der Waals surface area contributed by atoms with Gasteiger partial charge in [-0.25, -0.2) is 4.39 Å². The van der Waals surface area contributed by atoms with Crippen LogP contribution in [0.5, 0.6) is 0 Å². The summed E-state index contributed by atoms with van der Waals surface area (Å²) in [7, 11) is 0. The molecular formula is C17H11F4N3O2. The third-order valence-electron chi connectivity index (χ3n) is 4.41. The number of alkyl halides is 3. The smallest absolute Gasteiger partial charge is 0.350 e. The van der Waals surface area contributed by atoms with Crippen molar-refractivity contribution in [2.24, 2.45) is 0 Å². The molecule has 2 N–H and O–H groups in total. The summed E-state index contributed by atoms with van der Waals surface area (Å²) in [5.41, 5.74) is -1.80. The normalized spacial score (nSPS) is 21.3. The highest BCUT2D eigenvalue weighted by molar-refractivity contribution is 6.14. The number of benzene rings is 2. The van der Waals surface area contributed by atoms with Crippen LogP contribution in [0.1, 0.15) is 15.9 Å². The van der Waals surface area contributed by atoms with Crippen LogP contribution in [0, 0.1) is 5.82 Å². The Hall–Kier alpha value is -3.10. The number of nitrogens with one attached hydrogen (secondary N) is 2. The van der Waals surface area contributed by atoms with E-state index in [0.29, 0.717) is 4.90 Å². The zero-order chi connectivity index (χ0) is 18.7. The van der Waals surface area contributed by atoms with Crippen LogP contribution in [0.4, 0.5) is 28.9 Å². The van der Waals surface area contributed by atoms with E-state index in [1.165, 1.54) is 24.3 Å². The van der Waals surface area contributed by atoms with Crippen LogP contribution in [0.15, 0.2) is 42.5 Å². The molecule has 0 radical (unpaired) electrons. The van der Waals surface area contributed by atoms with Gasteiger partial charge in [0.15, 0.2) is 0 Å². The van der Waals surface area contributed by atoms with Gasteiger partial charge in [-0.2, -0.15) is 13.2 Å². The number of fused-ring (bicyclic) bond motifs is 3. The molecule has 0 fully saturated rings. The summed E-state index contributed by atoms with van der Waals surface area (Å²) in [6.07, 6.45) is -4.74. The first-order chi connectivity index (χ1) is 12.2. The van der Waals surface area contributed by atoms with E-state index in [-0.39, 0.29) is 22.5 Å². The second-order valence-electron chi connectivity index (χ2n) is 6.03. The van der Waals surface area contributed by atoms with Gasteiger partial charge in [0, 0.05) is 11.3 Å². The maximum absolute atomic E-state index is 13.5. The predicted molar refractivity (Wildman–Crippen MR) is 83.9 cm³/mol. The Bertz CT molecular complexity index is 944. The van der Waals surface area contributed by atoms with E-state index in [0.717, 1.165) is 12.1 Å². The van der Waals surface area contributed by atoms with Crippen molar-refractivity contribution in [3.63, 3.8) is 0 Å². The van der Waals surface area contributed by atoms with Gasteiger partial charge < -0.3 is 10.6 Å². The van der Waals surface area contributed by atoms with E-state index >= 15 is 0 Å². The van der Waals surface area contributed by atoms with Crippen molar-refractivity contribution < 1.29 is 27.2 Å². The fourth-order valence-electron chi connectivity index (χ4n) is 3.37. The van der Waals surface area contributed by atoms with Gasteiger partial charge in [0.25, 0.3) is 11.8 Å². The lowest BCUT2D eigenvalue weighted by Crippen LogP contribution is -2.63. The minimum atomic E-state index is -4.74. The summed E-state index contributed by atoms with van der Waals surface area (Å²) >= 11 is 0. The van der Waals surface area contributed by atoms with Crippen molar-refractivity contribution in [2.75, 3.05) is 17.2 Å². The zero-order valence-corrected chi connectivity index (χ0v) is 13.0. The van der Waals surface area contributed by atoms with Crippen molar-refractivity contribution in [1.29, 1.82) is 0 Å². The van der Waals surface area contributed by atoms with Crippen LogP contribution in [0.2, 0.25) is 0 Å². The Labute approximate surface area is 144 Å². The van der Waals surface area contributed by atoms with E-state index < -0.39 is 36.0 Å². The largest absolute Gasteiger partial charge is 0.406 e. The number of rotatable bonds is 1. The SMILES string of the molecule is O=C1c2ccccc2N[C@@]2(C(=O)Nc3cc(F)ccc32)N1CC(F)(F)F. The van der Waals surface area contributed by atoms with E-state index in [2.05, 4.69) is 10.6 Å². The van der Waals surface area contributed by atoms with Gasteiger partial charge in [-0.15, -0.1) is 0 Å². The molecule has 4 rings (SSSR count). The highest BCUT2D eigenvalue weighted by Crippen LogP contribution is 2.46. The average Bonchev–Trinajstić information content (AvgIpc) is 2.82. The Morgan fingerprint density at radius 2 is 1.77 bits per heavy atom. The number of carbonyl (C=O) groups excluding carboxylic acids is 2. The molecule has 26 heavy (non-hydrogen) atoms. The van der Waals surface area contributed by atoms with Gasteiger partial charge in [-0.05, 0) is 30.3 Å². The van der Waals surface area contributed by atoms with Crippen molar-refractivity contribution in [2.45, 2.75) is 11.8 Å². The van der Waals surface area contributed by atoms with Crippen LogP contribution in [0.3, 0.4) is 0 Å². The average molecular weight is 365 g/mol. The zero-order valence-electron chi connectivity index (χ0n) is 13.0. The van der Waals surface area contributed by atoms with Gasteiger partial charge >= 0.3 is 6.18 Å². The van der Waals surface area contributed by atoms with E-state index in [1.807, 2.05) is 0 Å². The van der Waals surface area contributed by atoms with Gasteiger partial charge in [-0.3, -0.25) is 14.5 Å². The second-order valence-corrected chi connectivity index (χ2v) is 6.03. The lowest BCUT2D eigenvalue weighted by molar-refractivity contribution is -0.155. The maximum Gasteiger partial charge on any atom is 0.406 e. The van der Waals surface area contributed by atoms with E-state index in [1.54, 1.807) is 6.07 Å². The van der Waals surface area contributed by atoms with Crippen LogP contribution in [-0.2, 0) is 10.5 Å². The molecule has 0 saturated carbocycles. The highest BCUT2D eigenvalue weighted by atomic mass is 19.4. The third-order valence-corrected chi connectivity index (χ3v) is 4.41. The standard InChI is InChI=1S/C17H11F4N3O2/c18-9-5-6-11-13(7-9)22-15(26)17(11)23-12-4-2-1-3-10(12)14(25)24(17)8-16(19,20)21/h1-7,23H,8H2,(H,22,26)/t17-/m1/s1. The van der Waals surface area contributed by atoms with Crippen molar-refractivity contribution in [1.82, 2.24) is 4.90 Å². The number of carbonyl (C=O) groups is 2.